The SMILES string of the molecule is O=C1NC(=O)c2c(CCCO)cccc21. The van der Waals surface area contributed by atoms with E-state index in [1.165, 1.54) is 0 Å². The molecule has 0 aromatic heterocycles. The first kappa shape index (κ1) is 9.86. The van der Waals surface area contributed by atoms with Crippen LogP contribution in [0.2, 0.25) is 0 Å². The predicted molar refractivity (Wildman–Crippen MR) is 53.6 cm³/mol. The highest BCUT2D eigenvalue weighted by Crippen LogP contribution is 2.20. The standard InChI is InChI=1S/C11H11NO3/c13-6-2-4-7-3-1-5-8-9(7)11(15)12-10(8)14/h1,3,5,13H,2,4,6H2,(H,12,14,15). The number of hydrogen-bond donors (Lipinski definition) is 2. The molecule has 1 aromatic rings. The molecule has 0 saturated carbocycles. The number of fused-ring (bicyclic) bond motifs is 1. The van der Waals surface area contributed by atoms with E-state index in [9.17, 15) is 9.59 Å². The highest BCUT2D eigenvalue weighted by molar-refractivity contribution is 6.22. The molecule has 0 aliphatic carbocycles. The summed E-state index contributed by atoms with van der Waals surface area (Å²) in [6.07, 6.45) is 1.21. The number of carbonyl (C=O) groups is 2. The van der Waals surface area contributed by atoms with Gasteiger partial charge < -0.3 is 5.11 Å². The summed E-state index contributed by atoms with van der Waals surface area (Å²) >= 11 is 0. The van der Waals surface area contributed by atoms with Gasteiger partial charge in [-0.25, -0.2) is 0 Å². The topological polar surface area (TPSA) is 66.4 Å². The summed E-state index contributed by atoms with van der Waals surface area (Å²) in [5.74, 6) is -0.663. The number of aryl methyl sites for hydroxylation is 1. The van der Waals surface area contributed by atoms with Gasteiger partial charge in [0, 0.05) is 6.61 Å². The number of aliphatic hydroxyl groups is 1. The smallest absolute Gasteiger partial charge is 0.259 e. The molecule has 2 amide bonds. The van der Waals surface area contributed by atoms with Gasteiger partial charge in [0.1, 0.15) is 0 Å². The first-order valence-corrected chi connectivity index (χ1v) is 4.82. The van der Waals surface area contributed by atoms with Gasteiger partial charge in [0.2, 0.25) is 0 Å². The fraction of sp³-hybridized carbons (Fsp3) is 0.273. The van der Waals surface area contributed by atoms with E-state index in [2.05, 4.69) is 5.32 Å². The maximum absolute atomic E-state index is 11.5. The van der Waals surface area contributed by atoms with Gasteiger partial charge in [-0.15, -0.1) is 0 Å². The number of carbonyl (C=O) groups excluding carboxylic acids is 2. The van der Waals surface area contributed by atoms with Gasteiger partial charge in [-0.05, 0) is 24.5 Å². The van der Waals surface area contributed by atoms with Crippen LogP contribution < -0.4 is 5.32 Å². The fourth-order valence-corrected chi connectivity index (χ4v) is 1.77. The third-order valence-corrected chi connectivity index (χ3v) is 2.45. The zero-order chi connectivity index (χ0) is 10.8. The molecule has 4 heteroatoms. The van der Waals surface area contributed by atoms with Crippen molar-refractivity contribution in [3.05, 3.63) is 34.9 Å². The Bertz CT molecular complexity index is 426. The minimum atomic E-state index is -0.333. The second-order valence-corrected chi connectivity index (χ2v) is 3.45. The summed E-state index contributed by atoms with van der Waals surface area (Å²) in [6.45, 7) is 0.0826. The molecule has 0 spiro atoms. The lowest BCUT2D eigenvalue weighted by molar-refractivity contribution is 0.0879. The molecule has 2 rings (SSSR count). The Morgan fingerprint density at radius 2 is 2.00 bits per heavy atom. The molecule has 0 fully saturated rings. The molecule has 1 heterocycles. The van der Waals surface area contributed by atoms with Crippen LogP contribution in [0.25, 0.3) is 0 Å². The molecule has 0 bridgehead atoms. The summed E-state index contributed by atoms with van der Waals surface area (Å²) in [7, 11) is 0. The zero-order valence-electron chi connectivity index (χ0n) is 8.12. The van der Waals surface area contributed by atoms with Crippen LogP contribution in [-0.2, 0) is 6.42 Å². The molecule has 0 saturated heterocycles. The molecule has 4 nitrogen and oxygen atoms in total. The van der Waals surface area contributed by atoms with Crippen LogP contribution >= 0.6 is 0 Å². The molecule has 78 valence electrons. The fourth-order valence-electron chi connectivity index (χ4n) is 1.77. The lowest BCUT2D eigenvalue weighted by Gasteiger charge is -2.03. The average Bonchev–Trinajstić information content (AvgIpc) is 2.53. The van der Waals surface area contributed by atoms with Gasteiger partial charge in [0.05, 0.1) is 11.1 Å². The number of hydrogen-bond acceptors (Lipinski definition) is 3. The van der Waals surface area contributed by atoms with E-state index < -0.39 is 0 Å². The van der Waals surface area contributed by atoms with Gasteiger partial charge >= 0.3 is 0 Å². The van der Waals surface area contributed by atoms with E-state index in [1.807, 2.05) is 6.07 Å². The normalized spacial score (nSPS) is 13.9. The Labute approximate surface area is 86.9 Å². The Kier molecular flexibility index (Phi) is 2.51. The summed E-state index contributed by atoms with van der Waals surface area (Å²) in [4.78, 5) is 22.8. The maximum Gasteiger partial charge on any atom is 0.259 e. The highest BCUT2D eigenvalue weighted by Gasteiger charge is 2.28. The van der Waals surface area contributed by atoms with Crippen LogP contribution in [0.3, 0.4) is 0 Å². The zero-order valence-corrected chi connectivity index (χ0v) is 8.12. The summed E-state index contributed by atoms with van der Waals surface area (Å²) < 4.78 is 0. The summed E-state index contributed by atoms with van der Waals surface area (Å²) in [5, 5.41) is 11.0. The summed E-state index contributed by atoms with van der Waals surface area (Å²) in [6, 6.07) is 5.20. The number of rotatable bonds is 3. The van der Waals surface area contributed by atoms with Gasteiger partial charge in [-0.3, -0.25) is 14.9 Å². The van der Waals surface area contributed by atoms with Gasteiger partial charge in [0.15, 0.2) is 0 Å². The molecule has 1 aliphatic rings. The molecular formula is C11H11NO3. The van der Waals surface area contributed by atoms with Crippen LogP contribution in [0, 0.1) is 0 Å². The van der Waals surface area contributed by atoms with Crippen molar-refractivity contribution in [2.45, 2.75) is 12.8 Å². The molecule has 0 unspecified atom stereocenters. The number of benzene rings is 1. The minimum absolute atomic E-state index is 0.0826. The van der Waals surface area contributed by atoms with Crippen molar-refractivity contribution in [2.75, 3.05) is 6.61 Å². The molecule has 1 aliphatic heterocycles. The van der Waals surface area contributed by atoms with E-state index in [0.717, 1.165) is 5.56 Å². The monoisotopic (exact) mass is 205 g/mol. The van der Waals surface area contributed by atoms with E-state index in [1.54, 1.807) is 12.1 Å². The number of amides is 2. The molecule has 0 radical (unpaired) electrons. The second kappa shape index (κ2) is 3.82. The number of aliphatic hydroxyl groups excluding tert-OH is 1. The van der Waals surface area contributed by atoms with Crippen LogP contribution in [0.1, 0.15) is 32.7 Å². The third-order valence-electron chi connectivity index (χ3n) is 2.45. The highest BCUT2D eigenvalue weighted by atomic mass is 16.3. The molecule has 1 aromatic carbocycles. The Morgan fingerprint density at radius 1 is 1.20 bits per heavy atom. The van der Waals surface area contributed by atoms with Crippen LogP contribution in [0.5, 0.6) is 0 Å². The van der Waals surface area contributed by atoms with Crippen molar-refractivity contribution in [3.8, 4) is 0 Å². The quantitative estimate of drug-likeness (QED) is 0.706. The van der Waals surface area contributed by atoms with E-state index in [4.69, 9.17) is 5.11 Å². The van der Waals surface area contributed by atoms with Crippen LogP contribution in [0.15, 0.2) is 18.2 Å². The van der Waals surface area contributed by atoms with Crippen molar-refractivity contribution in [2.24, 2.45) is 0 Å². The number of imide groups is 1. The van der Waals surface area contributed by atoms with Gasteiger partial charge in [0.25, 0.3) is 11.8 Å². The molecule has 0 atom stereocenters. The molecular weight excluding hydrogens is 194 g/mol. The van der Waals surface area contributed by atoms with E-state index in [0.29, 0.717) is 24.0 Å². The lowest BCUT2D eigenvalue weighted by Crippen LogP contribution is -2.20. The maximum atomic E-state index is 11.5. The van der Waals surface area contributed by atoms with Crippen molar-refractivity contribution in [1.29, 1.82) is 0 Å². The lowest BCUT2D eigenvalue weighted by atomic mass is 9.99. The average molecular weight is 205 g/mol. The van der Waals surface area contributed by atoms with Crippen LogP contribution in [-0.4, -0.2) is 23.5 Å². The van der Waals surface area contributed by atoms with Gasteiger partial charge in [-0.1, -0.05) is 12.1 Å². The largest absolute Gasteiger partial charge is 0.396 e. The second-order valence-electron chi connectivity index (χ2n) is 3.45. The van der Waals surface area contributed by atoms with E-state index in [-0.39, 0.29) is 18.4 Å². The molecule has 2 N–H and O–H groups in total. The Morgan fingerprint density at radius 3 is 2.73 bits per heavy atom. The first-order chi connectivity index (χ1) is 7.24. The van der Waals surface area contributed by atoms with Crippen molar-refractivity contribution in [3.63, 3.8) is 0 Å². The van der Waals surface area contributed by atoms with Crippen molar-refractivity contribution >= 4 is 11.8 Å². The minimum Gasteiger partial charge on any atom is -0.396 e. The van der Waals surface area contributed by atoms with E-state index >= 15 is 0 Å². The van der Waals surface area contributed by atoms with Crippen molar-refractivity contribution < 1.29 is 14.7 Å². The Hall–Kier alpha value is -1.68. The van der Waals surface area contributed by atoms with Crippen LogP contribution in [0.4, 0.5) is 0 Å². The predicted octanol–water partition coefficient (Wildman–Crippen LogP) is 0.495. The van der Waals surface area contributed by atoms with Crippen molar-refractivity contribution in [1.82, 2.24) is 5.32 Å². The van der Waals surface area contributed by atoms with Gasteiger partial charge in [-0.2, -0.15) is 0 Å². The third kappa shape index (κ3) is 1.64. The molecule has 15 heavy (non-hydrogen) atoms. The first-order valence-electron chi connectivity index (χ1n) is 4.82. The Balaban J connectivity index is 2.41. The summed E-state index contributed by atoms with van der Waals surface area (Å²) in [5.41, 5.74) is 1.73. The number of nitrogens with one attached hydrogen (secondary N) is 1.